The van der Waals surface area contributed by atoms with Gasteiger partial charge in [0.1, 0.15) is 12.1 Å². The van der Waals surface area contributed by atoms with Crippen molar-refractivity contribution < 1.29 is 24.3 Å². The lowest BCUT2D eigenvalue weighted by Crippen LogP contribution is -2.57. The number of nitrogens with two attached hydrogens (primary N) is 1. The van der Waals surface area contributed by atoms with Gasteiger partial charge in [0.15, 0.2) is 0 Å². The molecule has 6 N–H and O–H groups in total. The number of benzene rings is 5. The van der Waals surface area contributed by atoms with Crippen LogP contribution in [0.1, 0.15) is 32.6 Å². The Morgan fingerprint density at radius 1 is 0.566 bits per heavy atom. The molecule has 0 spiro atoms. The summed E-state index contributed by atoms with van der Waals surface area (Å²) in [7, 11) is 0. The number of aromatic carboxylic acids is 1. The summed E-state index contributed by atoms with van der Waals surface area (Å²) in [6, 6.07) is 40.5. The Morgan fingerprint density at radius 2 is 1.02 bits per heavy atom. The molecule has 5 aromatic rings. The fraction of sp³-hybridized carbons (Fsp3) is 0.209. The van der Waals surface area contributed by atoms with E-state index >= 15 is 0 Å². The smallest absolute Gasteiger partial charge is 0.335 e. The van der Waals surface area contributed by atoms with E-state index in [0.717, 1.165) is 33.4 Å². The Kier molecular flexibility index (Phi) is 14.0. The van der Waals surface area contributed by atoms with Gasteiger partial charge in [0.05, 0.1) is 10.8 Å². The van der Waals surface area contributed by atoms with E-state index in [1.807, 2.05) is 115 Å². The molecule has 0 bridgehead atoms. The van der Waals surface area contributed by atoms with Gasteiger partial charge in [0.25, 0.3) is 0 Å². The van der Waals surface area contributed by atoms with E-state index in [2.05, 4.69) is 16.0 Å². The number of carboxylic acid groups (broad SMARTS) is 1. The van der Waals surface area contributed by atoms with E-state index in [9.17, 15) is 24.3 Å². The lowest BCUT2D eigenvalue weighted by molar-refractivity contribution is -0.132. The van der Waals surface area contributed by atoms with Gasteiger partial charge < -0.3 is 26.8 Å². The molecule has 0 saturated heterocycles. The van der Waals surface area contributed by atoms with Crippen molar-refractivity contribution in [3.63, 3.8) is 0 Å². The van der Waals surface area contributed by atoms with E-state index < -0.39 is 41.2 Å². The second kappa shape index (κ2) is 19.2. The Morgan fingerprint density at radius 3 is 1.58 bits per heavy atom. The van der Waals surface area contributed by atoms with Crippen LogP contribution in [0.3, 0.4) is 0 Å². The summed E-state index contributed by atoms with van der Waals surface area (Å²) in [5.74, 6) is -2.29. The molecule has 9 nitrogen and oxygen atoms in total. The van der Waals surface area contributed by atoms with Crippen LogP contribution < -0.4 is 21.7 Å². The van der Waals surface area contributed by atoms with Gasteiger partial charge in [-0.2, -0.15) is 11.8 Å². The van der Waals surface area contributed by atoms with Crippen LogP contribution in [0, 0.1) is 0 Å². The average Bonchev–Trinajstić information content (AvgIpc) is 3.18. The predicted molar refractivity (Wildman–Crippen MR) is 210 cm³/mol. The third kappa shape index (κ3) is 11.4. The van der Waals surface area contributed by atoms with Crippen molar-refractivity contribution in [1.29, 1.82) is 0 Å². The highest BCUT2D eigenvalue weighted by molar-refractivity contribution is 8.00. The summed E-state index contributed by atoms with van der Waals surface area (Å²) in [6.45, 7) is 0.293. The monoisotopic (exact) mass is 728 g/mol. The Bertz CT molecular complexity index is 1940. The summed E-state index contributed by atoms with van der Waals surface area (Å²) in [5, 5.41) is 17.4. The maximum absolute atomic E-state index is 14.2. The zero-order valence-corrected chi connectivity index (χ0v) is 30.3. The van der Waals surface area contributed by atoms with Gasteiger partial charge in [-0.05, 0) is 58.2 Å². The number of carbonyl (C=O) groups is 4. The molecular formula is C43H44N4O5S. The Hall–Kier alpha value is -5.71. The van der Waals surface area contributed by atoms with Crippen molar-refractivity contribution in [2.45, 2.75) is 49.2 Å². The summed E-state index contributed by atoms with van der Waals surface area (Å²) < 4.78 is 0. The van der Waals surface area contributed by atoms with Crippen LogP contribution >= 0.6 is 11.8 Å². The minimum absolute atomic E-state index is 0.159. The first-order valence-electron chi connectivity index (χ1n) is 17.4. The van der Waals surface area contributed by atoms with Crippen molar-refractivity contribution in [2.75, 3.05) is 6.26 Å². The van der Waals surface area contributed by atoms with Crippen LogP contribution in [0.2, 0.25) is 0 Å². The zero-order valence-electron chi connectivity index (χ0n) is 29.5. The van der Waals surface area contributed by atoms with E-state index in [1.165, 1.54) is 23.9 Å². The summed E-state index contributed by atoms with van der Waals surface area (Å²) in [4.78, 5) is 53.1. The molecule has 0 heterocycles. The molecule has 0 aliphatic rings. The molecule has 4 atom stereocenters. The quantitative estimate of drug-likeness (QED) is 0.0858. The van der Waals surface area contributed by atoms with Crippen molar-refractivity contribution in [2.24, 2.45) is 5.73 Å². The molecule has 0 radical (unpaired) electrons. The third-order valence-electron chi connectivity index (χ3n) is 8.93. The third-order valence-corrected chi connectivity index (χ3v) is 10.0. The lowest BCUT2D eigenvalue weighted by atomic mass is 9.98. The number of carbonyl (C=O) groups excluding carboxylic acids is 3. The number of rotatable bonds is 17. The molecule has 2 unspecified atom stereocenters. The maximum atomic E-state index is 14.2. The normalized spacial score (nSPS) is 13.2. The van der Waals surface area contributed by atoms with Crippen molar-refractivity contribution in [1.82, 2.24) is 16.0 Å². The van der Waals surface area contributed by atoms with Crippen LogP contribution in [-0.4, -0.2) is 58.4 Å². The summed E-state index contributed by atoms with van der Waals surface area (Å²) >= 11 is 1.27. The van der Waals surface area contributed by atoms with Crippen LogP contribution in [0.4, 0.5) is 0 Å². The highest BCUT2D eigenvalue weighted by atomic mass is 32.2. The number of hydrogen-bond donors (Lipinski definition) is 5. The van der Waals surface area contributed by atoms with Gasteiger partial charge >= 0.3 is 5.97 Å². The summed E-state index contributed by atoms with van der Waals surface area (Å²) in [5.41, 5.74) is 12.2. The van der Waals surface area contributed by atoms with E-state index in [4.69, 9.17) is 5.73 Å². The number of carboxylic acids is 1. The molecular weight excluding hydrogens is 685 g/mol. The average molecular weight is 729 g/mol. The van der Waals surface area contributed by atoms with Crippen LogP contribution in [0.25, 0.3) is 11.1 Å². The van der Waals surface area contributed by atoms with Gasteiger partial charge in [-0.15, -0.1) is 0 Å². The van der Waals surface area contributed by atoms with Crippen molar-refractivity contribution in [3.8, 4) is 11.1 Å². The first-order valence-corrected chi connectivity index (χ1v) is 18.7. The molecule has 0 aromatic heterocycles. The fourth-order valence-electron chi connectivity index (χ4n) is 6.04. The molecule has 0 aliphatic heterocycles. The molecule has 10 heteroatoms. The van der Waals surface area contributed by atoms with Crippen LogP contribution in [0.15, 0.2) is 140 Å². The minimum Gasteiger partial charge on any atom is -0.478 e. The number of hydrogen-bond acceptors (Lipinski definition) is 6. The molecule has 5 rings (SSSR count). The molecule has 5 aromatic carbocycles. The lowest BCUT2D eigenvalue weighted by Gasteiger charge is -2.27. The summed E-state index contributed by atoms with van der Waals surface area (Å²) in [6.07, 6.45) is 2.52. The minimum atomic E-state index is -1.03. The SMILES string of the molecule is CS[C@H](C(=O)NC(Cc1ccc(-c2ccccc2)cc1)C(=O)NC(Cc1ccccc1)C(=O)NCc1ccccc1)[C@@H](N)Cc1ccc(C(=O)O)cc1. The van der Waals surface area contributed by atoms with E-state index in [0.29, 0.717) is 13.0 Å². The number of thioether (sulfide) groups is 1. The van der Waals surface area contributed by atoms with E-state index in [1.54, 1.807) is 18.4 Å². The van der Waals surface area contributed by atoms with Gasteiger partial charge in [-0.3, -0.25) is 14.4 Å². The topological polar surface area (TPSA) is 151 Å². The highest BCUT2D eigenvalue weighted by Crippen LogP contribution is 2.21. The zero-order chi connectivity index (χ0) is 37.6. The fourth-order valence-corrected chi connectivity index (χ4v) is 6.77. The first kappa shape index (κ1) is 38.5. The molecule has 272 valence electrons. The van der Waals surface area contributed by atoms with Gasteiger partial charge in [-0.1, -0.05) is 127 Å². The maximum Gasteiger partial charge on any atom is 0.335 e. The van der Waals surface area contributed by atoms with Crippen molar-refractivity contribution in [3.05, 3.63) is 167 Å². The first-order chi connectivity index (χ1) is 25.7. The Labute approximate surface area is 314 Å². The molecule has 0 fully saturated rings. The molecule has 0 aliphatic carbocycles. The van der Waals surface area contributed by atoms with Gasteiger partial charge in [0, 0.05) is 25.4 Å². The number of amides is 3. The number of nitrogens with one attached hydrogen (secondary N) is 3. The van der Waals surface area contributed by atoms with E-state index in [-0.39, 0.29) is 24.3 Å². The molecule has 53 heavy (non-hydrogen) atoms. The second-order valence-electron chi connectivity index (χ2n) is 12.8. The van der Waals surface area contributed by atoms with Gasteiger partial charge in [-0.25, -0.2) is 4.79 Å². The van der Waals surface area contributed by atoms with Crippen molar-refractivity contribution >= 4 is 35.5 Å². The van der Waals surface area contributed by atoms with Crippen LogP contribution in [0.5, 0.6) is 0 Å². The predicted octanol–water partition coefficient (Wildman–Crippen LogP) is 5.42. The standard InChI is InChI=1S/C43H44N4O5S/c1-53-39(36(44)25-30-19-23-35(24-20-30)43(51)52)42(50)47-38(27-31-17-21-34(22-18-31)33-15-9-4-10-16-33)41(49)46-37(26-29-11-5-2-6-12-29)40(48)45-28-32-13-7-3-8-14-32/h2-24,36-39H,25-28,44H2,1H3,(H,45,48)(H,46,49)(H,47,50)(H,51,52)/t36-,37?,38?,39-/m0/s1. The highest BCUT2D eigenvalue weighted by Gasteiger charge is 2.31. The Balaban J connectivity index is 1.36. The van der Waals surface area contributed by atoms with Gasteiger partial charge in [0.2, 0.25) is 17.7 Å². The largest absolute Gasteiger partial charge is 0.478 e. The second-order valence-corrected chi connectivity index (χ2v) is 13.8. The molecule has 3 amide bonds. The van der Waals surface area contributed by atoms with Crippen LogP contribution in [-0.2, 0) is 40.2 Å². The molecule has 0 saturated carbocycles.